The Kier molecular flexibility index (Phi) is 4.19. The van der Waals surface area contributed by atoms with Gasteiger partial charge in [0, 0.05) is 17.8 Å². The van der Waals surface area contributed by atoms with Gasteiger partial charge in [-0.2, -0.15) is 0 Å². The van der Waals surface area contributed by atoms with E-state index < -0.39 is 28.7 Å². The van der Waals surface area contributed by atoms with E-state index in [0.29, 0.717) is 0 Å². The van der Waals surface area contributed by atoms with E-state index in [1.165, 1.54) is 6.92 Å². The molecule has 1 aromatic rings. The lowest BCUT2D eigenvalue weighted by atomic mass is 10.0. The first-order chi connectivity index (χ1) is 8.31. The molecular weight excluding hydrogens is 243 g/mol. The largest absolute Gasteiger partial charge is 0.481 e. The van der Waals surface area contributed by atoms with Crippen LogP contribution >= 0.6 is 0 Å². The first-order valence-electron chi connectivity index (χ1n) is 5.25. The molecule has 2 unspecified atom stereocenters. The van der Waals surface area contributed by atoms with Crippen LogP contribution in [0.15, 0.2) is 18.2 Å². The minimum atomic E-state index is -0.999. The molecule has 0 spiro atoms. The Labute approximate surface area is 103 Å². The number of nitro benzene ring substituents is 1. The Balaban J connectivity index is 2.91. The van der Waals surface area contributed by atoms with E-state index in [0.717, 1.165) is 18.2 Å². The minimum absolute atomic E-state index is 0.183. The highest BCUT2D eigenvalue weighted by Gasteiger charge is 2.20. The second-order valence-corrected chi connectivity index (χ2v) is 4.02. The third-order valence-electron chi connectivity index (χ3n) is 2.63. The number of carboxylic acids is 1. The van der Waals surface area contributed by atoms with Crippen LogP contribution in [-0.4, -0.2) is 22.0 Å². The van der Waals surface area contributed by atoms with Crippen molar-refractivity contribution in [2.24, 2.45) is 5.92 Å². The Morgan fingerprint density at radius 3 is 2.56 bits per heavy atom. The first-order valence-corrected chi connectivity index (χ1v) is 5.25. The lowest BCUT2D eigenvalue weighted by Gasteiger charge is -2.18. The number of benzene rings is 1. The zero-order valence-electron chi connectivity index (χ0n) is 9.88. The van der Waals surface area contributed by atoms with Gasteiger partial charge in [-0.1, -0.05) is 0 Å². The third kappa shape index (κ3) is 3.41. The number of rotatable bonds is 5. The summed E-state index contributed by atoms with van der Waals surface area (Å²) in [5.41, 5.74) is -0.199. The van der Waals surface area contributed by atoms with Crippen LogP contribution < -0.4 is 5.32 Å². The van der Waals surface area contributed by atoms with Crippen LogP contribution in [-0.2, 0) is 4.79 Å². The van der Waals surface area contributed by atoms with Crippen LogP contribution in [0, 0.1) is 21.8 Å². The zero-order chi connectivity index (χ0) is 13.9. The Hall–Kier alpha value is -2.18. The number of halogens is 1. The molecule has 18 heavy (non-hydrogen) atoms. The summed E-state index contributed by atoms with van der Waals surface area (Å²) in [6, 6.07) is 2.56. The quantitative estimate of drug-likeness (QED) is 0.622. The predicted molar refractivity (Wildman–Crippen MR) is 62.9 cm³/mol. The summed E-state index contributed by atoms with van der Waals surface area (Å²) in [5, 5.41) is 22.1. The summed E-state index contributed by atoms with van der Waals surface area (Å²) >= 11 is 0. The molecule has 1 aromatic carbocycles. The number of non-ortho nitro benzene ring substituents is 1. The summed E-state index contributed by atoms with van der Waals surface area (Å²) in [6.07, 6.45) is 0. The highest BCUT2D eigenvalue weighted by molar-refractivity contribution is 5.71. The summed E-state index contributed by atoms with van der Waals surface area (Å²) in [4.78, 5) is 20.6. The van der Waals surface area contributed by atoms with Gasteiger partial charge in [0.2, 0.25) is 0 Å². The van der Waals surface area contributed by atoms with E-state index in [1.807, 2.05) is 0 Å². The summed E-state index contributed by atoms with van der Waals surface area (Å²) in [5.74, 6) is -2.45. The van der Waals surface area contributed by atoms with Gasteiger partial charge < -0.3 is 10.4 Å². The fourth-order valence-corrected chi connectivity index (χ4v) is 1.36. The van der Waals surface area contributed by atoms with Gasteiger partial charge in [-0.25, -0.2) is 4.39 Å². The van der Waals surface area contributed by atoms with E-state index >= 15 is 0 Å². The van der Waals surface area contributed by atoms with Crippen molar-refractivity contribution in [1.29, 1.82) is 0 Å². The fraction of sp³-hybridized carbons (Fsp3) is 0.364. The molecule has 0 radical (unpaired) electrons. The minimum Gasteiger partial charge on any atom is -0.481 e. The number of anilines is 1. The van der Waals surface area contributed by atoms with Crippen molar-refractivity contribution in [3.8, 4) is 0 Å². The average molecular weight is 256 g/mol. The normalized spacial score (nSPS) is 13.7. The van der Waals surface area contributed by atoms with Crippen molar-refractivity contribution in [3.05, 3.63) is 34.1 Å². The number of aliphatic carboxylic acids is 1. The number of nitro groups is 1. The number of carbonyl (C=O) groups is 1. The van der Waals surface area contributed by atoms with Gasteiger partial charge >= 0.3 is 5.97 Å². The van der Waals surface area contributed by atoms with Gasteiger partial charge in [-0.15, -0.1) is 0 Å². The number of carboxylic acid groups (broad SMARTS) is 1. The SMILES string of the molecule is CC(Nc1cc(F)cc([N+](=O)[O-])c1)C(C)C(=O)O. The summed E-state index contributed by atoms with van der Waals surface area (Å²) in [6.45, 7) is 3.10. The second-order valence-electron chi connectivity index (χ2n) is 4.02. The summed E-state index contributed by atoms with van der Waals surface area (Å²) in [7, 11) is 0. The molecule has 1 rings (SSSR count). The number of hydrogen-bond donors (Lipinski definition) is 2. The van der Waals surface area contributed by atoms with E-state index in [-0.39, 0.29) is 11.4 Å². The van der Waals surface area contributed by atoms with Crippen molar-refractivity contribution in [1.82, 2.24) is 0 Å². The van der Waals surface area contributed by atoms with Crippen LogP contribution in [0.1, 0.15) is 13.8 Å². The molecule has 0 aliphatic carbocycles. The number of nitrogens with one attached hydrogen (secondary N) is 1. The van der Waals surface area contributed by atoms with Crippen LogP contribution in [0.4, 0.5) is 15.8 Å². The van der Waals surface area contributed by atoms with Gasteiger partial charge in [0.05, 0.1) is 16.9 Å². The molecule has 0 bridgehead atoms. The molecule has 0 aliphatic rings. The molecule has 2 N–H and O–H groups in total. The van der Waals surface area contributed by atoms with E-state index in [1.54, 1.807) is 6.92 Å². The topological polar surface area (TPSA) is 92.5 Å². The second kappa shape index (κ2) is 5.44. The van der Waals surface area contributed by atoms with Crippen LogP contribution in [0.2, 0.25) is 0 Å². The number of nitrogens with zero attached hydrogens (tertiary/aromatic N) is 1. The molecule has 0 saturated carbocycles. The van der Waals surface area contributed by atoms with Gasteiger partial charge in [0.25, 0.3) is 5.69 Å². The molecule has 0 heterocycles. The smallest absolute Gasteiger partial charge is 0.308 e. The fourth-order valence-electron chi connectivity index (χ4n) is 1.36. The predicted octanol–water partition coefficient (Wildman–Crippen LogP) is 2.25. The van der Waals surface area contributed by atoms with Gasteiger partial charge in [-0.05, 0) is 19.9 Å². The Morgan fingerprint density at radius 1 is 1.44 bits per heavy atom. The third-order valence-corrected chi connectivity index (χ3v) is 2.63. The van der Waals surface area contributed by atoms with Gasteiger partial charge in [0.1, 0.15) is 5.82 Å². The lowest BCUT2D eigenvalue weighted by Crippen LogP contribution is -2.29. The standard InChI is InChI=1S/C11H13FN2O4/c1-6(11(15)16)7(2)13-9-3-8(12)4-10(5-9)14(17)18/h3-7,13H,1-2H3,(H,15,16). The van der Waals surface area contributed by atoms with E-state index in [2.05, 4.69) is 5.32 Å². The van der Waals surface area contributed by atoms with Crippen LogP contribution in [0.3, 0.4) is 0 Å². The molecule has 2 atom stereocenters. The van der Waals surface area contributed by atoms with Crippen molar-refractivity contribution in [2.75, 3.05) is 5.32 Å². The highest BCUT2D eigenvalue weighted by Crippen LogP contribution is 2.21. The van der Waals surface area contributed by atoms with Gasteiger partial charge in [-0.3, -0.25) is 14.9 Å². The number of hydrogen-bond acceptors (Lipinski definition) is 4. The maximum absolute atomic E-state index is 13.1. The first kappa shape index (κ1) is 13.9. The summed E-state index contributed by atoms with van der Waals surface area (Å²) < 4.78 is 13.1. The lowest BCUT2D eigenvalue weighted by molar-refractivity contribution is -0.385. The molecule has 0 saturated heterocycles. The maximum atomic E-state index is 13.1. The molecule has 0 aromatic heterocycles. The molecule has 6 nitrogen and oxygen atoms in total. The van der Waals surface area contributed by atoms with E-state index in [9.17, 15) is 19.3 Å². The maximum Gasteiger partial charge on any atom is 0.308 e. The Morgan fingerprint density at radius 2 is 2.06 bits per heavy atom. The van der Waals surface area contributed by atoms with Crippen molar-refractivity contribution in [3.63, 3.8) is 0 Å². The van der Waals surface area contributed by atoms with Crippen LogP contribution in [0.5, 0.6) is 0 Å². The Bertz CT molecular complexity index is 478. The van der Waals surface area contributed by atoms with Crippen molar-refractivity contribution < 1.29 is 19.2 Å². The monoisotopic (exact) mass is 256 g/mol. The van der Waals surface area contributed by atoms with Crippen molar-refractivity contribution in [2.45, 2.75) is 19.9 Å². The molecular formula is C11H13FN2O4. The van der Waals surface area contributed by atoms with Gasteiger partial charge in [0.15, 0.2) is 0 Å². The highest BCUT2D eigenvalue weighted by atomic mass is 19.1. The zero-order valence-corrected chi connectivity index (χ0v) is 9.88. The molecule has 0 amide bonds. The molecule has 98 valence electrons. The van der Waals surface area contributed by atoms with E-state index in [4.69, 9.17) is 5.11 Å². The molecule has 7 heteroatoms. The van der Waals surface area contributed by atoms with Crippen LogP contribution in [0.25, 0.3) is 0 Å². The average Bonchev–Trinajstić information content (AvgIpc) is 2.26. The molecule has 0 fully saturated rings. The molecule has 0 aliphatic heterocycles. The van der Waals surface area contributed by atoms with Crippen molar-refractivity contribution >= 4 is 17.3 Å².